The average molecular weight is 345 g/mol. The summed E-state index contributed by atoms with van der Waals surface area (Å²) in [4.78, 5) is 12.2. The van der Waals surface area contributed by atoms with E-state index in [1.165, 1.54) is 13.2 Å². The zero-order chi connectivity index (χ0) is 18.2. The Labute approximate surface area is 147 Å². The van der Waals surface area contributed by atoms with E-state index in [9.17, 15) is 15.0 Å². The van der Waals surface area contributed by atoms with Crippen molar-refractivity contribution >= 4 is 11.8 Å². The molecule has 0 bridgehead atoms. The van der Waals surface area contributed by atoms with Gasteiger partial charge in [0, 0.05) is 12.3 Å². The maximum absolute atomic E-state index is 12.2. The van der Waals surface area contributed by atoms with E-state index in [1.54, 1.807) is 24.3 Å². The topological polar surface area (TPSA) is 88.0 Å². The first-order valence-electron chi connectivity index (χ1n) is 8.05. The number of phenols is 1. The van der Waals surface area contributed by atoms with Crippen LogP contribution in [0.2, 0.25) is 0 Å². The number of para-hydroxylation sites is 1. The Morgan fingerprint density at radius 1 is 1.20 bits per heavy atom. The number of ether oxygens (including phenoxy) is 2. The van der Waals surface area contributed by atoms with E-state index < -0.39 is 12.2 Å². The van der Waals surface area contributed by atoms with Crippen LogP contribution < -0.4 is 10.1 Å². The molecule has 2 rings (SSSR count). The summed E-state index contributed by atoms with van der Waals surface area (Å²) >= 11 is 0. The van der Waals surface area contributed by atoms with E-state index in [0.717, 1.165) is 0 Å². The highest BCUT2D eigenvalue weighted by atomic mass is 16.6. The van der Waals surface area contributed by atoms with Gasteiger partial charge in [0.15, 0.2) is 11.5 Å². The molecule has 0 aliphatic carbocycles. The fourth-order valence-electron chi connectivity index (χ4n) is 2.54. The van der Waals surface area contributed by atoms with Crippen LogP contribution >= 0.6 is 0 Å². The molecule has 0 unspecified atom stereocenters. The normalized spacial score (nSPS) is 12.9. The highest BCUT2D eigenvalue weighted by Crippen LogP contribution is 2.34. The van der Waals surface area contributed by atoms with Gasteiger partial charge in [-0.25, -0.2) is 4.79 Å². The average Bonchev–Trinajstić information content (AvgIpc) is 2.60. The van der Waals surface area contributed by atoms with Crippen LogP contribution in [-0.4, -0.2) is 30.0 Å². The zero-order valence-electron chi connectivity index (χ0n) is 14.3. The van der Waals surface area contributed by atoms with E-state index in [-0.39, 0.29) is 18.3 Å². The second-order valence-electron chi connectivity index (χ2n) is 5.74. The standard InChI is InChI=1S/C19H23NO5/c1-13(10-11-21)18(14-8-9-17(24-2)16(22)12-14)25-19(23)20-15-6-4-3-5-7-15/h3-9,12-13,18,21-22H,10-11H2,1-2H3,(H,20,23)/t13-,18+/m0/s1. The number of hydrogen-bond donors (Lipinski definition) is 3. The van der Waals surface area contributed by atoms with Gasteiger partial charge in [-0.3, -0.25) is 5.32 Å². The number of anilines is 1. The molecule has 0 aliphatic heterocycles. The Bertz CT molecular complexity index is 689. The molecule has 0 saturated carbocycles. The fraction of sp³-hybridized carbons (Fsp3) is 0.316. The van der Waals surface area contributed by atoms with Crippen molar-refractivity contribution in [1.29, 1.82) is 0 Å². The highest BCUT2D eigenvalue weighted by molar-refractivity contribution is 5.84. The van der Waals surface area contributed by atoms with Crippen LogP contribution in [0.5, 0.6) is 11.5 Å². The smallest absolute Gasteiger partial charge is 0.412 e. The predicted molar refractivity (Wildman–Crippen MR) is 94.8 cm³/mol. The Morgan fingerprint density at radius 3 is 2.52 bits per heavy atom. The lowest BCUT2D eigenvalue weighted by Gasteiger charge is -2.24. The molecule has 6 nitrogen and oxygen atoms in total. The molecule has 3 N–H and O–H groups in total. The van der Waals surface area contributed by atoms with Crippen LogP contribution in [0.3, 0.4) is 0 Å². The lowest BCUT2D eigenvalue weighted by Crippen LogP contribution is -2.22. The van der Waals surface area contributed by atoms with Crippen molar-refractivity contribution in [1.82, 2.24) is 0 Å². The number of benzene rings is 2. The van der Waals surface area contributed by atoms with Gasteiger partial charge in [0.2, 0.25) is 0 Å². The van der Waals surface area contributed by atoms with Gasteiger partial charge in [0.25, 0.3) is 0 Å². The van der Waals surface area contributed by atoms with Gasteiger partial charge in [-0.05, 0) is 42.2 Å². The molecule has 2 atom stereocenters. The van der Waals surface area contributed by atoms with Gasteiger partial charge >= 0.3 is 6.09 Å². The Balaban J connectivity index is 2.18. The van der Waals surface area contributed by atoms with Gasteiger partial charge < -0.3 is 19.7 Å². The predicted octanol–water partition coefficient (Wildman–Crippen LogP) is 3.71. The summed E-state index contributed by atoms with van der Waals surface area (Å²) < 4.78 is 10.6. The number of nitrogens with one attached hydrogen (secondary N) is 1. The highest BCUT2D eigenvalue weighted by Gasteiger charge is 2.24. The molecule has 6 heteroatoms. The molecular weight excluding hydrogens is 322 g/mol. The van der Waals surface area contributed by atoms with Crippen LogP contribution in [0.4, 0.5) is 10.5 Å². The largest absolute Gasteiger partial charge is 0.504 e. The number of hydrogen-bond acceptors (Lipinski definition) is 5. The number of carbonyl (C=O) groups excluding carboxylic acids is 1. The molecule has 0 radical (unpaired) electrons. The van der Waals surface area contributed by atoms with E-state index >= 15 is 0 Å². The van der Waals surface area contributed by atoms with Crippen LogP contribution in [0, 0.1) is 5.92 Å². The van der Waals surface area contributed by atoms with Gasteiger partial charge in [0.1, 0.15) is 6.10 Å². The minimum atomic E-state index is -0.618. The summed E-state index contributed by atoms with van der Waals surface area (Å²) in [6, 6.07) is 13.8. The fourth-order valence-corrected chi connectivity index (χ4v) is 2.54. The van der Waals surface area contributed by atoms with Crippen LogP contribution in [0.25, 0.3) is 0 Å². The maximum atomic E-state index is 12.2. The van der Waals surface area contributed by atoms with Crippen molar-refractivity contribution in [3.05, 3.63) is 54.1 Å². The summed E-state index contributed by atoms with van der Waals surface area (Å²) in [5.41, 5.74) is 1.25. The lowest BCUT2D eigenvalue weighted by molar-refractivity contribution is 0.0666. The maximum Gasteiger partial charge on any atom is 0.412 e. The molecule has 0 heterocycles. The first-order valence-corrected chi connectivity index (χ1v) is 8.05. The van der Waals surface area contributed by atoms with Gasteiger partial charge in [-0.15, -0.1) is 0 Å². The van der Waals surface area contributed by atoms with Crippen molar-refractivity contribution in [3.8, 4) is 11.5 Å². The van der Waals surface area contributed by atoms with Crippen molar-refractivity contribution in [2.75, 3.05) is 19.0 Å². The lowest BCUT2D eigenvalue weighted by atomic mass is 9.94. The van der Waals surface area contributed by atoms with Crippen molar-refractivity contribution in [2.45, 2.75) is 19.4 Å². The molecule has 2 aromatic carbocycles. The molecule has 0 saturated heterocycles. The second kappa shape index (κ2) is 8.94. The first kappa shape index (κ1) is 18.6. The molecule has 0 aliphatic rings. The first-order chi connectivity index (χ1) is 12.0. The Kier molecular flexibility index (Phi) is 6.65. The van der Waals surface area contributed by atoms with Gasteiger partial charge in [-0.1, -0.05) is 31.2 Å². The summed E-state index contributed by atoms with van der Waals surface area (Å²) in [5, 5.41) is 21.9. The number of aliphatic hydroxyl groups is 1. The van der Waals surface area contributed by atoms with Crippen LogP contribution in [0.1, 0.15) is 25.0 Å². The van der Waals surface area contributed by atoms with E-state index in [0.29, 0.717) is 23.4 Å². The number of carbonyl (C=O) groups is 1. The summed E-state index contributed by atoms with van der Waals surface area (Å²) in [6.07, 6.45) is -0.764. The van der Waals surface area contributed by atoms with E-state index in [2.05, 4.69) is 5.32 Å². The SMILES string of the molecule is COc1ccc([C@H](OC(=O)Nc2ccccc2)[C@@H](C)CCO)cc1O. The second-order valence-corrected chi connectivity index (χ2v) is 5.74. The number of aromatic hydroxyl groups is 1. The molecule has 2 aromatic rings. The van der Waals surface area contributed by atoms with Crippen LogP contribution in [0.15, 0.2) is 48.5 Å². The van der Waals surface area contributed by atoms with Gasteiger partial charge in [-0.2, -0.15) is 0 Å². The summed E-state index contributed by atoms with van der Waals surface area (Å²) in [6.45, 7) is 1.85. The number of amides is 1. The minimum absolute atomic E-state index is 0.0243. The summed E-state index contributed by atoms with van der Waals surface area (Å²) in [5.74, 6) is 0.165. The number of rotatable bonds is 7. The number of methoxy groups -OCH3 is 1. The molecule has 1 amide bonds. The molecule has 25 heavy (non-hydrogen) atoms. The molecule has 0 spiro atoms. The number of aliphatic hydroxyl groups excluding tert-OH is 1. The van der Waals surface area contributed by atoms with Crippen molar-refractivity contribution in [3.63, 3.8) is 0 Å². The summed E-state index contributed by atoms with van der Waals surface area (Å²) in [7, 11) is 1.46. The number of phenolic OH excluding ortho intramolecular Hbond substituents is 1. The molecule has 134 valence electrons. The Hall–Kier alpha value is -2.73. The monoisotopic (exact) mass is 345 g/mol. The zero-order valence-corrected chi connectivity index (χ0v) is 14.3. The third-order valence-corrected chi connectivity index (χ3v) is 3.89. The van der Waals surface area contributed by atoms with Crippen molar-refractivity contribution < 1.29 is 24.5 Å². The van der Waals surface area contributed by atoms with Crippen molar-refractivity contribution in [2.24, 2.45) is 5.92 Å². The third kappa shape index (κ3) is 5.12. The van der Waals surface area contributed by atoms with E-state index in [4.69, 9.17) is 9.47 Å². The van der Waals surface area contributed by atoms with Gasteiger partial charge in [0.05, 0.1) is 7.11 Å². The third-order valence-electron chi connectivity index (χ3n) is 3.89. The van der Waals surface area contributed by atoms with E-state index in [1.807, 2.05) is 25.1 Å². The van der Waals surface area contributed by atoms with Crippen LogP contribution in [-0.2, 0) is 4.74 Å². The molecular formula is C19H23NO5. The Morgan fingerprint density at radius 2 is 1.92 bits per heavy atom. The molecule has 0 fully saturated rings. The molecule has 0 aromatic heterocycles. The minimum Gasteiger partial charge on any atom is -0.504 e. The quantitative estimate of drug-likeness (QED) is 0.712.